The van der Waals surface area contributed by atoms with Crippen molar-refractivity contribution in [2.75, 3.05) is 24.2 Å². The topological polar surface area (TPSA) is 92.5 Å². The van der Waals surface area contributed by atoms with Gasteiger partial charge in [-0.3, -0.25) is 4.79 Å². The minimum Gasteiger partial charge on any atom is -0.361 e. The molecule has 1 amide bonds. The van der Waals surface area contributed by atoms with Gasteiger partial charge in [-0.1, -0.05) is 12.1 Å². The zero-order valence-electron chi connectivity index (χ0n) is 17.0. The Morgan fingerprint density at radius 3 is 2.66 bits per heavy atom. The van der Waals surface area contributed by atoms with E-state index in [4.69, 9.17) is 4.52 Å². The molecule has 0 aliphatic carbocycles. The predicted molar refractivity (Wildman–Crippen MR) is 114 cm³/mol. The highest BCUT2D eigenvalue weighted by molar-refractivity contribution is 7.99. The lowest BCUT2D eigenvalue weighted by Crippen LogP contribution is -2.39. The first-order valence-corrected chi connectivity index (χ1v) is 12.3. The fourth-order valence-corrected chi connectivity index (χ4v) is 5.95. The zero-order chi connectivity index (χ0) is 21.0. The molecule has 1 fully saturated rings. The molecule has 7 nitrogen and oxygen atoms in total. The van der Waals surface area contributed by atoms with Crippen LogP contribution in [0.3, 0.4) is 0 Å². The smallest absolute Gasteiger partial charge is 0.243 e. The zero-order valence-corrected chi connectivity index (χ0v) is 18.6. The van der Waals surface area contributed by atoms with E-state index >= 15 is 0 Å². The number of aromatic nitrogens is 1. The van der Waals surface area contributed by atoms with Gasteiger partial charge in [-0.15, -0.1) is 11.8 Å². The molecule has 1 aliphatic rings. The Morgan fingerprint density at radius 2 is 2.03 bits per heavy atom. The van der Waals surface area contributed by atoms with Crippen LogP contribution in [0.2, 0.25) is 0 Å². The second kappa shape index (κ2) is 9.32. The van der Waals surface area contributed by atoms with E-state index in [1.807, 2.05) is 13.8 Å². The largest absolute Gasteiger partial charge is 0.361 e. The van der Waals surface area contributed by atoms with Gasteiger partial charge in [0.1, 0.15) is 5.76 Å². The average molecular weight is 438 g/mol. The minimum atomic E-state index is -3.49. The molecule has 1 aromatic heterocycles. The second-order valence-corrected chi connectivity index (χ2v) is 10.4. The monoisotopic (exact) mass is 437 g/mol. The van der Waals surface area contributed by atoms with Crippen LogP contribution in [0.5, 0.6) is 0 Å². The fraction of sp³-hybridized carbons (Fsp3) is 0.500. The van der Waals surface area contributed by atoms with Crippen molar-refractivity contribution >= 4 is 33.4 Å². The van der Waals surface area contributed by atoms with E-state index in [9.17, 15) is 13.2 Å². The van der Waals surface area contributed by atoms with Crippen LogP contribution in [0.25, 0.3) is 0 Å². The van der Waals surface area contributed by atoms with E-state index in [1.165, 1.54) is 11.8 Å². The molecule has 158 valence electrons. The van der Waals surface area contributed by atoms with Crippen molar-refractivity contribution in [2.24, 2.45) is 5.92 Å². The number of anilines is 1. The summed E-state index contributed by atoms with van der Waals surface area (Å²) in [5.74, 6) is 1.95. The maximum atomic E-state index is 12.8. The summed E-state index contributed by atoms with van der Waals surface area (Å²) >= 11 is 1.48. The molecule has 1 saturated heterocycles. The van der Waals surface area contributed by atoms with Crippen LogP contribution in [0.15, 0.2) is 33.7 Å². The number of carbonyl (C=O) groups is 1. The summed E-state index contributed by atoms with van der Waals surface area (Å²) in [4.78, 5) is 12.4. The molecular weight excluding hydrogens is 410 g/mol. The lowest BCUT2D eigenvalue weighted by Gasteiger charge is -2.30. The summed E-state index contributed by atoms with van der Waals surface area (Å²) < 4.78 is 32.3. The lowest BCUT2D eigenvalue weighted by molar-refractivity contribution is -0.113. The van der Waals surface area contributed by atoms with Gasteiger partial charge in [-0.25, -0.2) is 8.42 Å². The molecule has 0 saturated carbocycles. The Balaban J connectivity index is 1.54. The van der Waals surface area contributed by atoms with Gasteiger partial charge in [-0.2, -0.15) is 4.31 Å². The van der Waals surface area contributed by atoms with E-state index in [0.29, 0.717) is 30.4 Å². The van der Waals surface area contributed by atoms with Crippen LogP contribution in [0.4, 0.5) is 5.69 Å². The van der Waals surface area contributed by atoms with Gasteiger partial charge in [0, 0.05) is 30.1 Å². The summed E-state index contributed by atoms with van der Waals surface area (Å²) in [5, 5.41) is 6.72. The molecule has 0 radical (unpaired) electrons. The van der Waals surface area contributed by atoms with E-state index < -0.39 is 10.0 Å². The summed E-state index contributed by atoms with van der Waals surface area (Å²) in [6.07, 6.45) is 1.95. The highest BCUT2D eigenvalue weighted by Gasteiger charge is 2.28. The summed E-state index contributed by atoms with van der Waals surface area (Å²) in [7, 11) is -3.49. The maximum absolute atomic E-state index is 12.8. The third kappa shape index (κ3) is 5.40. The van der Waals surface area contributed by atoms with E-state index in [1.54, 1.807) is 28.6 Å². The van der Waals surface area contributed by atoms with Gasteiger partial charge < -0.3 is 9.84 Å². The van der Waals surface area contributed by atoms with Crippen molar-refractivity contribution in [1.29, 1.82) is 0 Å². The van der Waals surface area contributed by atoms with Crippen LogP contribution in [-0.2, 0) is 20.6 Å². The Morgan fingerprint density at radius 1 is 1.31 bits per heavy atom. The quantitative estimate of drug-likeness (QED) is 0.712. The number of benzene rings is 1. The number of aryl methyl sites for hydroxylation is 2. The minimum absolute atomic E-state index is 0.137. The lowest BCUT2D eigenvalue weighted by atomic mass is 10.0. The van der Waals surface area contributed by atoms with Gasteiger partial charge in [0.15, 0.2) is 0 Å². The number of piperidine rings is 1. The van der Waals surface area contributed by atoms with Crippen molar-refractivity contribution in [2.45, 2.75) is 44.3 Å². The summed E-state index contributed by atoms with van der Waals surface area (Å²) in [5.41, 5.74) is 2.44. The third-order valence-corrected chi connectivity index (χ3v) is 7.89. The molecule has 9 heteroatoms. The SMILES string of the molecule is Cc1noc(C)c1CSCC(=O)Nc1ccc(S(=O)(=O)N2CCCC(C)C2)cc1. The number of sulfonamides is 1. The molecule has 1 atom stereocenters. The van der Waals surface area contributed by atoms with Crippen molar-refractivity contribution in [3.05, 3.63) is 41.3 Å². The molecule has 0 spiro atoms. The highest BCUT2D eigenvalue weighted by atomic mass is 32.2. The molecule has 2 aromatic rings. The Kier molecular flexibility index (Phi) is 7.02. The van der Waals surface area contributed by atoms with Crippen LogP contribution in [0.1, 0.15) is 36.8 Å². The van der Waals surface area contributed by atoms with Gasteiger partial charge in [-0.05, 0) is 56.9 Å². The van der Waals surface area contributed by atoms with Crippen molar-refractivity contribution in [1.82, 2.24) is 9.46 Å². The average Bonchev–Trinajstić information content (AvgIpc) is 3.00. The van der Waals surface area contributed by atoms with E-state index in [-0.39, 0.29) is 16.6 Å². The van der Waals surface area contributed by atoms with Gasteiger partial charge in [0.05, 0.1) is 16.3 Å². The predicted octanol–water partition coefficient (Wildman–Crippen LogP) is 3.58. The Bertz CT molecular complexity index is 935. The number of hydrogen-bond donors (Lipinski definition) is 1. The molecule has 3 rings (SSSR count). The first-order valence-electron chi connectivity index (χ1n) is 9.67. The highest BCUT2D eigenvalue weighted by Crippen LogP contribution is 2.24. The molecular formula is C20H27N3O4S2. The van der Waals surface area contributed by atoms with Crippen molar-refractivity contribution in [3.63, 3.8) is 0 Å². The molecule has 0 bridgehead atoms. The molecule has 1 aromatic carbocycles. The van der Waals surface area contributed by atoms with Crippen LogP contribution < -0.4 is 5.32 Å². The van der Waals surface area contributed by atoms with Gasteiger partial charge >= 0.3 is 0 Å². The van der Waals surface area contributed by atoms with E-state index in [0.717, 1.165) is 29.9 Å². The Labute approximate surface area is 176 Å². The van der Waals surface area contributed by atoms with Crippen molar-refractivity contribution < 1.29 is 17.7 Å². The maximum Gasteiger partial charge on any atom is 0.243 e. The number of rotatable bonds is 7. The molecule has 1 aliphatic heterocycles. The van der Waals surface area contributed by atoms with E-state index in [2.05, 4.69) is 17.4 Å². The van der Waals surface area contributed by atoms with Crippen LogP contribution in [0, 0.1) is 19.8 Å². The van der Waals surface area contributed by atoms with Gasteiger partial charge in [0.2, 0.25) is 15.9 Å². The first kappa shape index (κ1) is 21.9. The summed E-state index contributed by atoms with van der Waals surface area (Å²) in [6.45, 7) is 6.93. The number of nitrogens with zero attached hydrogens (tertiary/aromatic N) is 2. The standard InChI is InChI=1S/C20H27N3O4S2/c1-14-5-4-10-23(11-14)29(25,26)18-8-6-17(7-9-18)21-20(24)13-28-12-19-15(2)22-27-16(19)3/h6-9,14H,4-5,10-13H2,1-3H3,(H,21,24). The van der Waals surface area contributed by atoms with Crippen LogP contribution >= 0.6 is 11.8 Å². The van der Waals surface area contributed by atoms with Gasteiger partial charge in [0.25, 0.3) is 0 Å². The first-order chi connectivity index (χ1) is 13.8. The summed E-state index contributed by atoms with van der Waals surface area (Å²) in [6, 6.07) is 6.39. The number of hydrogen-bond acceptors (Lipinski definition) is 6. The molecule has 2 heterocycles. The number of thioether (sulfide) groups is 1. The number of carbonyl (C=O) groups excluding carboxylic acids is 1. The Hall–Kier alpha value is -1.84. The van der Waals surface area contributed by atoms with Crippen molar-refractivity contribution in [3.8, 4) is 0 Å². The normalized spacial score (nSPS) is 18.0. The second-order valence-electron chi connectivity index (χ2n) is 7.48. The molecule has 1 unspecified atom stereocenters. The molecule has 1 N–H and O–H groups in total. The number of nitrogens with one attached hydrogen (secondary N) is 1. The third-order valence-electron chi connectivity index (χ3n) is 5.06. The van der Waals surface area contributed by atoms with Crippen LogP contribution in [-0.4, -0.2) is 42.6 Å². The molecule has 29 heavy (non-hydrogen) atoms. The number of amides is 1. The fourth-order valence-electron chi connectivity index (χ4n) is 3.37.